The number of thioether (sulfide) groups is 1. The summed E-state index contributed by atoms with van der Waals surface area (Å²) in [4.78, 5) is 37.3. The Balaban J connectivity index is 1.97. The van der Waals surface area contributed by atoms with E-state index < -0.39 is 57.1 Å². The lowest BCUT2D eigenvalue weighted by molar-refractivity contribution is -0.167. The van der Waals surface area contributed by atoms with Gasteiger partial charge in [0.05, 0.1) is 5.75 Å². The Morgan fingerprint density at radius 2 is 2.00 bits per heavy atom. The largest absolute Gasteiger partial charge is 0.480 e. The molecule has 1 N–H and O–H groups in total. The highest BCUT2D eigenvalue weighted by atomic mass is 32.2. The zero-order valence-corrected chi connectivity index (χ0v) is 18.8. The number of carbonyl (C=O) groups excluding carboxylic acids is 2. The van der Waals surface area contributed by atoms with E-state index in [1.165, 1.54) is 7.11 Å². The molecule has 1 amide bonds. The number of β-lactam (4-membered cyclic amide) rings is 1. The van der Waals surface area contributed by atoms with Gasteiger partial charge in [-0.3, -0.25) is 14.5 Å². The third-order valence-electron chi connectivity index (χ3n) is 4.32. The van der Waals surface area contributed by atoms with Gasteiger partial charge in [0.15, 0.2) is 21.3 Å². The quantitative estimate of drug-likeness (QED) is 0.292. The number of ether oxygens (including phenoxy) is 2. The Bertz CT molecular complexity index is 1060. The van der Waals surface area contributed by atoms with E-state index in [1.54, 1.807) is 20.8 Å². The number of carbonyl (C=O) groups is 3. The Morgan fingerprint density at radius 1 is 1.32 bits per heavy atom. The van der Waals surface area contributed by atoms with Crippen LogP contribution in [-0.2, 0) is 40.2 Å². The number of aliphatic carboxylic acids is 1. The molecule has 1 aromatic heterocycles. The maximum absolute atomic E-state index is 12.9. The van der Waals surface area contributed by atoms with Crippen molar-refractivity contribution in [2.75, 3.05) is 18.6 Å². The minimum atomic E-state index is -3.85. The summed E-state index contributed by atoms with van der Waals surface area (Å²) < 4.78 is 37.0. The van der Waals surface area contributed by atoms with Crippen LogP contribution in [0.25, 0.3) is 0 Å². The average Bonchev–Trinajstić information content (AvgIpc) is 3.04. The van der Waals surface area contributed by atoms with Crippen molar-refractivity contribution in [1.82, 2.24) is 25.1 Å². The van der Waals surface area contributed by atoms with Gasteiger partial charge in [-0.15, -0.1) is 5.10 Å². The Morgan fingerprint density at radius 3 is 2.58 bits per heavy atom. The monoisotopic (exact) mass is 475 g/mol. The van der Waals surface area contributed by atoms with E-state index in [0.717, 1.165) is 21.3 Å². The molecule has 0 aromatic carbocycles. The average molecular weight is 476 g/mol. The molecule has 0 aliphatic carbocycles. The topological polar surface area (TPSA) is 171 Å². The lowest BCUT2D eigenvalue weighted by Gasteiger charge is -2.48. The molecular weight excluding hydrogens is 454 g/mol. The second kappa shape index (κ2) is 8.20. The molecule has 2 aliphatic heterocycles. The molecule has 170 valence electrons. The molecule has 1 fully saturated rings. The van der Waals surface area contributed by atoms with Crippen molar-refractivity contribution in [2.45, 2.75) is 49.6 Å². The highest BCUT2D eigenvalue weighted by Gasteiger charge is 2.60. The minimum absolute atomic E-state index is 0.0814. The van der Waals surface area contributed by atoms with Crippen LogP contribution in [0.1, 0.15) is 20.8 Å². The number of hydrogen-bond acceptors (Lipinski definition) is 11. The van der Waals surface area contributed by atoms with E-state index >= 15 is 0 Å². The van der Waals surface area contributed by atoms with Crippen molar-refractivity contribution in [3.63, 3.8) is 0 Å². The smallest absolute Gasteiger partial charge is 0.355 e. The fourth-order valence-corrected chi connectivity index (χ4v) is 6.21. The van der Waals surface area contributed by atoms with Crippen LogP contribution in [0, 0.1) is 0 Å². The van der Waals surface area contributed by atoms with Crippen molar-refractivity contribution in [1.29, 1.82) is 0 Å². The molecule has 13 nitrogen and oxygen atoms in total. The third-order valence-corrected chi connectivity index (χ3v) is 7.31. The first-order chi connectivity index (χ1) is 14.4. The molecule has 1 saturated heterocycles. The summed E-state index contributed by atoms with van der Waals surface area (Å²) in [5, 5.41) is 18.4. The van der Waals surface area contributed by atoms with Gasteiger partial charge >= 0.3 is 11.9 Å². The molecule has 0 unspecified atom stereocenters. The number of hydrogen-bond donors (Lipinski definition) is 1. The first kappa shape index (κ1) is 23.1. The summed E-state index contributed by atoms with van der Waals surface area (Å²) in [6.45, 7) is 4.44. The third kappa shape index (κ3) is 4.57. The Labute approximate surface area is 181 Å². The van der Waals surface area contributed by atoms with Crippen molar-refractivity contribution >= 4 is 39.4 Å². The van der Waals surface area contributed by atoms with Crippen LogP contribution < -0.4 is 0 Å². The number of amides is 1. The zero-order valence-electron chi connectivity index (χ0n) is 17.1. The van der Waals surface area contributed by atoms with Gasteiger partial charge in [-0.1, -0.05) is 11.8 Å². The van der Waals surface area contributed by atoms with Crippen LogP contribution in [0.3, 0.4) is 0 Å². The van der Waals surface area contributed by atoms with E-state index in [2.05, 4.69) is 15.5 Å². The van der Waals surface area contributed by atoms with Gasteiger partial charge in [-0.2, -0.15) is 0 Å². The number of carboxylic acid groups (broad SMARTS) is 1. The van der Waals surface area contributed by atoms with Gasteiger partial charge in [-0.25, -0.2) is 17.9 Å². The van der Waals surface area contributed by atoms with Crippen LogP contribution in [0.2, 0.25) is 0 Å². The molecule has 31 heavy (non-hydrogen) atoms. The summed E-state index contributed by atoms with van der Waals surface area (Å²) in [5.41, 5.74) is -0.907. The SMILES string of the molecule is CO[C@H]1C(=O)N2C(C(=O)OC(C)(C)C)=C(CSc3nnnn3CC(=O)O)CS(=O)(=O)[C@H]12. The molecule has 0 saturated carbocycles. The summed E-state index contributed by atoms with van der Waals surface area (Å²) in [6.07, 6.45) is -1.19. The molecular formula is C16H21N5O8S2. The fourth-order valence-electron chi connectivity index (χ4n) is 3.17. The minimum Gasteiger partial charge on any atom is -0.480 e. The standard InChI is InChI=1S/C16H21N5O8S2/c1-16(2,3)29-14(25)10-8(6-30-15-17-18-19-20(15)5-9(22)23)7-31(26,27)13-11(28-4)12(24)21(10)13/h11,13H,5-7H2,1-4H3,(H,22,23)/t11-,13+/m0/s1. The molecule has 2 atom stereocenters. The fraction of sp³-hybridized carbons (Fsp3) is 0.625. The number of esters is 1. The van der Waals surface area contributed by atoms with Gasteiger partial charge in [0.25, 0.3) is 5.91 Å². The number of methoxy groups -OCH3 is 1. The summed E-state index contributed by atoms with van der Waals surface area (Å²) in [6, 6.07) is 0. The number of nitrogens with zero attached hydrogens (tertiary/aromatic N) is 5. The molecule has 3 heterocycles. The van der Waals surface area contributed by atoms with Crippen LogP contribution in [0.4, 0.5) is 0 Å². The second-order valence-electron chi connectivity index (χ2n) is 7.82. The maximum Gasteiger partial charge on any atom is 0.355 e. The van der Waals surface area contributed by atoms with E-state index in [1.807, 2.05) is 0 Å². The normalized spacial score (nSPS) is 22.7. The lowest BCUT2D eigenvalue weighted by atomic mass is 10.1. The van der Waals surface area contributed by atoms with Gasteiger partial charge < -0.3 is 14.6 Å². The molecule has 1 aromatic rings. The first-order valence-corrected chi connectivity index (χ1v) is 11.7. The molecule has 3 rings (SSSR count). The van der Waals surface area contributed by atoms with Gasteiger partial charge in [0, 0.05) is 12.9 Å². The van der Waals surface area contributed by atoms with Crippen LogP contribution in [-0.4, -0.2) is 92.2 Å². The van der Waals surface area contributed by atoms with Crippen molar-refractivity contribution in [3.8, 4) is 0 Å². The van der Waals surface area contributed by atoms with E-state index in [4.69, 9.17) is 14.6 Å². The summed E-state index contributed by atoms with van der Waals surface area (Å²) >= 11 is 0.941. The summed E-state index contributed by atoms with van der Waals surface area (Å²) in [7, 11) is -2.63. The maximum atomic E-state index is 12.9. The predicted octanol–water partition coefficient (Wildman–Crippen LogP) is -0.943. The van der Waals surface area contributed by atoms with Crippen molar-refractivity contribution in [2.24, 2.45) is 0 Å². The molecule has 0 radical (unpaired) electrons. The lowest BCUT2D eigenvalue weighted by Crippen LogP contribution is -2.70. The van der Waals surface area contributed by atoms with E-state index in [-0.39, 0.29) is 22.2 Å². The van der Waals surface area contributed by atoms with Gasteiger partial charge in [0.1, 0.15) is 17.8 Å². The highest BCUT2D eigenvalue weighted by Crippen LogP contribution is 2.40. The van der Waals surface area contributed by atoms with E-state index in [9.17, 15) is 22.8 Å². The summed E-state index contributed by atoms with van der Waals surface area (Å²) in [5.74, 6) is -3.24. The van der Waals surface area contributed by atoms with Crippen molar-refractivity contribution in [3.05, 3.63) is 11.3 Å². The molecule has 15 heteroatoms. The van der Waals surface area contributed by atoms with Gasteiger partial charge in [0.2, 0.25) is 5.16 Å². The zero-order chi connectivity index (χ0) is 23.1. The number of sulfone groups is 1. The van der Waals surface area contributed by atoms with Gasteiger partial charge in [-0.05, 0) is 36.8 Å². The Kier molecular flexibility index (Phi) is 6.12. The predicted molar refractivity (Wildman–Crippen MR) is 104 cm³/mol. The molecule has 2 aliphatic rings. The molecule has 0 bridgehead atoms. The number of rotatable bonds is 7. The number of fused-ring (bicyclic) bond motifs is 1. The Hall–Kier alpha value is -2.52. The van der Waals surface area contributed by atoms with Crippen LogP contribution >= 0.6 is 11.8 Å². The number of aromatic nitrogens is 4. The van der Waals surface area contributed by atoms with Crippen LogP contribution in [0.15, 0.2) is 16.4 Å². The molecule has 0 spiro atoms. The number of tetrazole rings is 1. The van der Waals surface area contributed by atoms with Crippen molar-refractivity contribution < 1.29 is 37.4 Å². The van der Waals surface area contributed by atoms with E-state index in [0.29, 0.717) is 0 Å². The highest BCUT2D eigenvalue weighted by molar-refractivity contribution is 7.99. The number of carboxylic acids is 1. The second-order valence-corrected chi connectivity index (χ2v) is 10.9. The van der Waals surface area contributed by atoms with Crippen LogP contribution in [0.5, 0.6) is 0 Å². The first-order valence-electron chi connectivity index (χ1n) is 8.99.